The lowest BCUT2D eigenvalue weighted by molar-refractivity contribution is -0.113. The molecule has 0 fully saturated rings. The van der Waals surface area contributed by atoms with Crippen molar-refractivity contribution < 1.29 is 9.53 Å². The molecule has 0 aliphatic rings. The number of para-hydroxylation sites is 2. The van der Waals surface area contributed by atoms with Gasteiger partial charge in [-0.25, -0.2) is 4.98 Å². The standard InChI is InChI=1S/C18H18ClN3O2S/c1-24-10-9-22-16-8-3-2-7-15(16)21-18(22)25-12-17(23)20-14-6-4-5-13(19)11-14/h2-8,11H,9-10,12H2,1H3,(H,20,23). The number of hydrogen-bond donors (Lipinski definition) is 1. The number of rotatable bonds is 7. The molecule has 0 spiro atoms. The van der Waals surface area contributed by atoms with Gasteiger partial charge in [0.15, 0.2) is 5.16 Å². The summed E-state index contributed by atoms with van der Waals surface area (Å²) >= 11 is 7.34. The molecule has 0 unspecified atom stereocenters. The van der Waals surface area contributed by atoms with Crippen molar-refractivity contribution in [1.82, 2.24) is 9.55 Å². The van der Waals surface area contributed by atoms with Crippen molar-refractivity contribution in [3.63, 3.8) is 0 Å². The molecule has 0 bridgehead atoms. The maximum absolute atomic E-state index is 12.2. The second-order valence-electron chi connectivity index (χ2n) is 5.37. The van der Waals surface area contributed by atoms with Crippen LogP contribution in [0.5, 0.6) is 0 Å². The van der Waals surface area contributed by atoms with Crippen molar-refractivity contribution in [3.05, 3.63) is 53.6 Å². The van der Waals surface area contributed by atoms with Crippen LogP contribution >= 0.6 is 23.4 Å². The zero-order chi connectivity index (χ0) is 17.6. The van der Waals surface area contributed by atoms with Gasteiger partial charge in [0.25, 0.3) is 0 Å². The molecule has 1 N–H and O–H groups in total. The van der Waals surface area contributed by atoms with Gasteiger partial charge in [-0.05, 0) is 30.3 Å². The van der Waals surface area contributed by atoms with Gasteiger partial charge in [-0.1, -0.05) is 41.6 Å². The molecule has 0 atom stereocenters. The summed E-state index contributed by atoms with van der Waals surface area (Å²) in [6.45, 7) is 1.28. The fraction of sp³-hybridized carbons (Fsp3) is 0.222. The van der Waals surface area contributed by atoms with E-state index < -0.39 is 0 Å². The van der Waals surface area contributed by atoms with E-state index in [1.807, 2.05) is 30.3 Å². The Morgan fingerprint density at radius 2 is 2.12 bits per heavy atom. The van der Waals surface area contributed by atoms with Crippen LogP contribution in [0.15, 0.2) is 53.7 Å². The summed E-state index contributed by atoms with van der Waals surface area (Å²) < 4.78 is 7.26. The largest absolute Gasteiger partial charge is 0.383 e. The first-order valence-corrected chi connectivity index (χ1v) is 9.16. The molecule has 3 rings (SSSR count). The zero-order valence-corrected chi connectivity index (χ0v) is 15.3. The van der Waals surface area contributed by atoms with Crippen LogP contribution in [-0.4, -0.2) is 34.9 Å². The molecule has 2 aromatic carbocycles. The fourth-order valence-corrected chi connectivity index (χ4v) is 3.49. The van der Waals surface area contributed by atoms with Gasteiger partial charge >= 0.3 is 0 Å². The third-order valence-corrected chi connectivity index (χ3v) is 4.79. The van der Waals surface area contributed by atoms with Gasteiger partial charge in [0.05, 0.1) is 23.4 Å². The van der Waals surface area contributed by atoms with Gasteiger partial charge in [-0.15, -0.1) is 0 Å². The number of carbonyl (C=O) groups is 1. The topological polar surface area (TPSA) is 56.1 Å². The first-order chi connectivity index (χ1) is 12.2. The van der Waals surface area contributed by atoms with Crippen molar-refractivity contribution in [2.24, 2.45) is 0 Å². The second kappa shape index (κ2) is 8.38. The van der Waals surface area contributed by atoms with E-state index in [9.17, 15) is 4.79 Å². The fourth-order valence-electron chi connectivity index (χ4n) is 2.46. The maximum Gasteiger partial charge on any atom is 0.234 e. The minimum atomic E-state index is -0.0994. The number of ether oxygens (including phenoxy) is 1. The molecule has 0 saturated heterocycles. The molecule has 0 radical (unpaired) electrons. The monoisotopic (exact) mass is 375 g/mol. The molecule has 25 heavy (non-hydrogen) atoms. The summed E-state index contributed by atoms with van der Waals surface area (Å²) in [7, 11) is 1.67. The SMILES string of the molecule is COCCn1c(SCC(=O)Nc2cccc(Cl)c2)nc2ccccc21. The highest BCUT2D eigenvalue weighted by Gasteiger charge is 2.13. The van der Waals surface area contributed by atoms with Gasteiger partial charge in [0, 0.05) is 24.4 Å². The summed E-state index contributed by atoms with van der Waals surface area (Å²) in [5.74, 6) is 0.167. The summed E-state index contributed by atoms with van der Waals surface area (Å²) in [6, 6.07) is 15.0. The summed E-state index contributed by atoms with van der Waals surface area (Å²) in [5.41, 5.74) is 2.64. The number of imidazole rings is 1. The highest BCUT2D eigenvalue weighted by Crippen LogP contribution is 2.24. The molecule has 130 valence electrons. The van der Waals surface area contributed by atoms with Gasteiger partial charge in [0.1, 0.15) is 0 Å². The van der Waals surface area contributed by atoms with Crippen LogP contribution < -0.4 is 5.32 Å². The number of benzene rings is 2. The molecular weight excluding hydrogens is 358 g/mol. The number of halogens is 1. The van der Waals surface area contributed by atoms with E-state index in [2.05, 4.69) is 14.9 Å². The summed E-state index contributed by atoms with van der Waals surface area (Å²) in [4.78, 5) is 16.8. The van der Waals surface area contributed by atoms with Crippen molar-refractivity contribution >= 4 is 46.0 Å². The molecule has 7 heteroatoms. The molecule has 1 aromatic heterocycles. The minimum absolute atomic E-state index is 0.0994. The number of amides is 1. The van der Waals surface area contributed by atoms with Crippen molar-refractivity contribution in [1.29, 1.82) is 0 Å². The number of aromatic nitrogens is 2. The zero-order valence-electron chi connectivity index (χ0n) is 13.7. The number of fused-ring (bicyclic) bond motifs is 1. The number of carbonyl (C=O) groups excluding carboxylic acids is 1. The van der Waals surface area contributed by atoms with E-state index in [-0.39, 0.29) is 11.7 Å². The van der Waals surface area contributed by atoms with Crippen LogP contribution in [-0.2, 0) is 16.1 Å². The Balaban J connectivity index is 1.70. The lowest BCUT2D eigenvalue weighted by Gasteiger charge is -2.08. The number of hydrogen-bond acceptors (Lipinski definition) is 4. The van der Waals surface area contributed by atoms with Crippen LogP contribution in [0.1, 0.15) is 0 Å². The highest BCUT2D eigenvalue weighted by molar-refractivity contribution is 7.99. The highest BCUT2D eigenvalue weighted by atomic mass is 35.5. The average molecular weight is 376 g/mol. The predicted molar refractivity (Wildman–Crippen MR) is 102 cm³/mol. The van der Waals surface area contributed by atoms with E-state index in [1.165, 1.54) is 11.8 Å². The lowest BCUT2D eigenvalue weighted by Crippen LogP contribution is -2.15. The van der Waals surface area contributed by atoms with Crippen LogP contribution in [0.25, 0.3) is 11.0 Å². The molecule has 0 aliphatic carbocycles. The molecule has 1 heterocycles. The Labute approximate surface area is 155 Å². The molecule has 5 nitrogen and oxygen atoms in total. The second-order valence-corrected chi connectivity index (χ2v) is 6.75. The number of nitrogens with one attached hydrogen (secondary N) is 1. The Hall–Kier alpha value is -2.02. The normalized spacial score (nSPS) is 11.0. The van der Waals surface area contributed by atoms with E-state index in [4.69, 9.17) is 16.3 Å². The van der Waals surface area contributed by atoms with Crippen molar-refractivity contribution in [3.8, 4) is 0 Å². The first-order valence-electron chi connectivity index (χ1n) is 7.80. The van der Waals surface area contributed by atoms with E-state index >= 15 is 0 Å². The van der Waals surface area contributed by atoms with Crippen LogP contribution in [0.3, 0.4) is 0 Å². The van der Waals surface area contributed by atoms with Crippen molar-refractivity contribution in [2.75, 3.05) is 24.8 Å². The summed E-state index contributed by atoms with van der Waals surface area (Å²) in [5, 5.41) is 4.24. The minimum Gasteiger partial charge on any atom is -0.383 e. The third kappa shape index (κ3) is 4.54. The average Bonchev–Trinajstić information content (AvgIpc) is 2.96. The molecule has 1 amide bonds. The summed E-state index contributed by atoms with van der Waals surface area (Å²) in [6.07, 6.45) is 0. The van der Waals surface area contributed by atoms with Gasteiger partial charge in [-0.3, -0.25) is 4.79 Å². The van der Waals surface area contributed by atoms with Gasteiger partial charge in [-0.2, -0.15) is 0 Å². The number of methoxy groups -OCH3 is 1. The molecule has 0 aliphatic heterocycles. The molecular formula is C18H18ClN3O2S. The number of anilines is 1. The Morgan fingerprint density at radius 3 is 2.92 bits per heavy atom. The van der Waals surface area contributed by atoms with Gasteiger partial charge in [0.2, 0.25) is 5.91 Å². The quantitative estimate of drug-likeness (QED) is 0.632. The molecule has 0 saturated carbocycles. The van der Waals surface area contributed by atoms with E-state index in [0.717, 1.165) is 16.2 Å². The van der Waals surface area contributed by atoms with Crippen molar-refractivity contribution in [2.45, 2.75) is 11.7 Å². The Morgan fingerprint density at radius 1 is 1.28 bits per heavy atom. The number of nitrogens with zero attached hydrogens (tertiary/aromatic N) is 2. The first kappa shape index (κ1) is 17.8. The van der Waals surface area contributed by atoms with E-state index in [0.29, 0.717) is 23.9 Å². The maximum atomic E-state index is 12.2. The van der Waals surface area contributed by atoms with Crippen LogP contribution in [0.2, 0.25) is 5.02 Å². The lowest BCUT2D eigenvalue weighted by atomic mass is 10.3. The van der Waals surface area contributed by atoms with Crippen LogP contribution in [0.4, 0.5) is 5.69 Å². The van der Waals surface area contributed by atoms with E-state index in [1.54, 1.807) is 25.3 Å². The Bertz CT molecular complexity index is 882. The smallest absolute Gasteiger partial charge is 0.234 e. The van der Waals surface area contributed by atoms with Crippen LogP contribution in [0, 0.1) is 0 Å². The number of thioether (sulfide) groups is 1. The predicted octanol–water partition coefficient (Wildman–Crippen LogP) is 4.07. The van der Waals surface area contributed by atoms with Gasteiger partial charge < -0.3 is 14.6 Å². The molecule has 3 aromatic rings. The Kier molecular flexibility index (Phi) is 5.96. The third-order valence-electron chi connectivity index (χ3n) is 3.58.